The maximum absolute atomic E-state index is 11.9. The largest absolute Gasteiger partial charge is 0.425 e. The predicted octanol–water partition coefficient (Wildman–Crippen LogP) is 2.69. The third-order valence-corrected chi connectivity index (χ3v) is 1.21. The lowest BCUT2D eigenvalue weighted by Crippen LogP contribution is -2.04. The quantitative estimate of drug-likeness (QED) is 0.589. The predicted molar refractivity (Wildman–Crippen MR) is 37.2 cm³/mol. The summed E-state index contributed by atoms with van der Waals surface area (Å²) < 4.78 is 35.8. The molecule has 0 unspecified atom stereocenters. The molecule has 1 aromatic rings. The SMILES string of the molecule is C#[N+]c1ccc(C(F)(F)F)cn1. The average Bonchev–Trinajstić information content (AvgIpc) is 2.03. The second-order valence-electron chi connectivity index (χ2n) is 2.03. The van der Waals surface area contributed by atoms with Gasteiger partial charge in [0.05, 0.1) is 11.6 Å². The standard InChI is InChI=1S/C7H4F3N2/c1-11-6-3-2-5(4-12-6)7(8,9)10/h1-4H/q+1. The molecule has 1 aromatic heterocycles. The second kappa shape index (κ2) is 2.81. The molecular weight excluding hydrogens is 169 g/mol. The van der Waals surface area contributed by atoms with E-state index in [0.29, 0.717) is 6.20 Å². The summed E-state index contributed by atoms with van der Waals surface area (Å²) in [5, 5.41) is 0. The van der Waals surface area contributed by atoms with Crippen LogP contribution in [0.1, 0.15) is 5.56 Å². The number of alkyl halides is 3. The van der Waals surface area contributed by atoms with Gasteiger partial charge < -0.3 is 0 Å². The Kier molecular flexibility index (Phi) is 2.00. The van der Waals surface area contributed by atoms with Crippen molar-refractivity contribution in [2.75, 3.05) is 0 Å². The topological polar surface area (TPSA) is 17.2 Å². The van der Waals surface area contributed by atoms with Gasteiger partial charge in [0.1, 0.15) is 6.57 Å². The Balaban J connectivity index is 3.02. The van der Waals surface area contributed by atoms with E-state index in [4.69, 9.17) is 6.57 Å². The van der Waals surface area contributed by atoms with Gasteiger partial charge in [0.2, 0.25) is 0 Å². The number of aromatic nitrogens is 1. The normalized spacial score (nSPS) is 10.8. The van der Waals surface area contributed by atoms with E-state index in [1.54, 1.807) is 0 Å². The van der Waals surface area contributed by atoms with E-state index in [2.05, 4.69) is 9.83 Å². The van der Waals surface area contributed by atoms with Crippen LogP contribution in [0.2, 0.25) is 0 Å². The molecule has 2 nitrogen and oxygen atoms in total. The van der Waals surface area contributed by atoms with Crippen molar-refractivity contribution in [1.82, 2.24) is 4.98 Å². The van der Waals surface area contributed by atoms with Crippen molar-refractivity contribution in [2.24, 2.45) is 0 Å². The lowest BCUT2D eigenvalue weighted by Gasteiger charge is -2.01. The van der Waals surface area contributed by atoms with Gasteiger partial charge in [-0.3, -0.25) is 0 Å². The number of hydrogen-bond acceptors (Lipinski definition) is 1. The molecule has 0 saturated heterocycles. The number of rotatable bonds is 0. The molecule has 0 atom stereocenters. The fourth-order valence-electron chi connectivity index (χ4n) is 0.630. The first-order valence-corrected chi connectivity index (χ1v) is 2.98. The molecule has 0 aliphatic rings. The molecule has 62 valence electrons. The molecule has 1 rings (SSSR count). The van der Waals surface area contributed by atoms with E-state index in [-0.39, 0.29) is 5.82 Å². The maximum atomic E-state index is 11.9. The molecule has 0 fully saturated rings. The summed E-state index contributed by atoms with van der Waals surface area (Å²) in [4.78, 5) is 6.47. The van der Waals surface area contributed by atoms with Crippen LogP contribution < -0.4 is 0 Å². The fraction of sp³-hybridized carbons (Fsp3) is 0.143. The first-order valence-electron chi connectivity index (χ1n) is 2.98. The molecule has 0 radical (unpaired) electrons. The molecule has 12 heavy (non-hydrogen) atoms. The van der Waals surface area contributed by atoms with Crippen molar-refractivity contribution in [3.63, 3.8) is 0 Å². The van der Waals surface area contributed by atoms with Crippen LogP contribution in [-0.4, -0.2) is 4.98 Å². The van der Waals surface area contributed by atoms with Crippen LogP contribution in [0.15, 0.2) is 18.3 Å². The van der Waals surface area contributed by atoms with Crippen LogP contribution in [0.25, 0.3) is 4.85 Å². The molecular formula is C7H4F3N2+. The Hall–Kier alpha value is -1.57. The summed E-state index contributed by atoms with van der Waals surface area (Å²) in [6.45, 7) is 4.79. The first kappa shape index (κ1) is 8.53. The number of hydrogen-bond donors (Lipinski definition) is 0. The molecule has 0 N–H and O–H groups in total. The molecule has 0 amide bonds. The summed E-state index contributed by atoms with van der Waals surface area (Å²) >= 11 is 0. The van der Waals surface area contributed by atoms with Crippen LogP contribution in [0.3, 0.4) is 0 Å². The van der Waals surface area contributed by atoms with Gasteiger partial charge in [-0.25, -0.2) is 0 Å². The monoisotopic (exact) mass is 173 g/mol. The van der Waals surface area contributed by atoms with Crippen LogP contribution in [0.4, 0.5) is 19.0 Å². The van der Waals surface area contributed by atoms with Crippen molar-refractivity contribution < 1.29 is 13.2 Å². The Labute approximate surface area is 66.5 Å². The van der Waals surface area contributed by atoms with E-state index >= 15 is 0 Å². The van der Waals surface area contributed by atoms with Gasteiger partial charge in [-0.05, 0) is 11.1 Å². The molecule has 0 aliphatic heterocycles. The second-order valence-corrected chi connectivity index (χ2v) is 2.03. The minimum atomic E-state index is -4.36. The Morgan fingerprint density at radius 2 is 2.00 bits per heavy atom. The van der Waals surface area contributed by atoms with Gasteiger partial charge in [0.15, 0.2) is 6.20 Å². The van der Waals surface area contributed by atoms with Gasteiger partial charge in [-0.15, -0.1) is 0 Å². The molecule has 0 aromatic carbocycles. The highest BCUT2D eigenvalue weighted by atomic mass is 19.4. The third-order valence-electron chi connectivity index (χ3n) is 1.21. The van der Waals surface area contributed by atoms with Crippen molar-refractivity contribution in [3.05, 3.63) is 28.7 Å². The molecule has 0 spiro atoms. The van der Waals surface area contributed by atoms with E-state index in [0.717, 1.165) is 12.1 Å². The summed E-state index contributed by atoms with van der Waals surface area (Å²) in [6, 6.07) is 1.97. The van der Waals surface area contributed by atoms with Crippen LogP contribution in [0, 0.1) is 6.57 Å². The van der Waals surface area contributed by atoms with Gasteiger partial charge in [-0.2, -0.15) is 18.0 Å². The van der Waals surface area contributed by atoms with Gasteiger partial charge >= 0.3 is 12.0 Å². The van der Waals surface area contributed by atoms with Gasteiger partial charge in [0, 0.05) is 0 Å². The maximum Gasteiger partial charge on any atom is 0.425 e. The van der Waals surface area contributed by atoms with E-state index < -0.39 is 11.7 Å². The fourth-order valence-corrected chi connectivity index (χ4v) is 0.630. The summed E-state index contributed by atoms with van der Waals surface area (Å²) in [6.07, 6.45) is -3.67. The minimum absolute atomic E-state index is 0.0722. The summed E-state index contributed by atoms with van der Waals surface area (Å²) in [7, 11) is 0. The van der Waals surface area contributed by atoms with E-state index in [9.17, 15) is 13.2 Å². The summed E-state index contributed by atoms with van der Waals surface area (Å²) in [5.74, 6) is 0.0722. The minimum Gasteiger partial charge on any atom is -0.166 e. The Morgan fingerprint density at radius 3 is 2.33 bits per heavy atom. The lowest BCUT2D eigenvalue weighted by molar-refractivity contribution is -0.137. The summed E-state index contributed by atoms with van der Waals surface area (Å²) in [5.41, 5.74) is -0.810. The van der Waals surface area contributed by atoms with Crippen LogP contribution in [-0.2, 0) is 6.18 Å². The first-order chi connectivity index (χ1) is 5.54. The van der Waals surface area contributed by atoms with Gasteiger partial charge in [0.25, 0.3) is 0 Å². The van der Waals surface area contributed by atoms with Crippen molar-refractivity contribution >= 4 is 5.82 Å². The molecule has 0 saturated carbocycles. The number of halogens is 3. The van der Waals surface area contributed by atoms with E-state index in [1.807, 2.05) is 0 Å². The highest BCUT2D eigenvalue weighted by molar-refractivity contribution is 5.37. The Bertz CT molecular complexity index is 307. The molecule has 0 bridgehead atoms. The van der Waals surface area contributed by atoms with Crippen molar-refractivity contribution in [1.29, 1.82) is 0 Å². The molecule has 5 heteroatoms. The van der Waals surface area contributed by atoms with Crippen molar-refractivity contribution in [2.45, 2.75) is 6.18 Å². The van der Waals surface area contributed by atoms with Crippen LogP contribution >= 0.6 is 0 Å². The van der Waals surface area contributed by atoms with Crippen LogP contribution in [0.5, 0.6) is 0 Å². The zero-order chi connectivity index (χ0) is 9.19. The van der Waals surface area contributed by atoms with E-state index in [1.165, 1.54) is 0 Å². The Morgan fingerprint density at radius 1 is 1.33 bits per heavy atom. The highest BCUT2D eigenvalue weighted by Crippen LogP contribution is 2.28. The smallest absolute Gasteiger partial charge is 0.166 e. The third kappa shape index (κ3) is 1.72. The lowest BCUT2D eigenvalue weighted by atomic mass is 10.3. The van der Waals surface area contributed by atoms with Crippen molar-refractivity contribution in [3.8, 4) is 6.57 Å². The zero-order valence-corrected chi connectivity index (χ0v) is 5.84. The molecule has 0 aliphatic carbocycles. The molecule has 1 heterocycles. The van der Waals surface area contributed by atoms with Gasteiger partial charge in [-0.1, -0.05) is 0 Å². The number of pyridine rings is 1. The number of nitrogens with zero attached hydrogens (tertiary/aromatic N) is 2. The zero-order valence-electron chi connectivity index (χ0n) is 5.84. The highest BCUT2D eigenvalue weighted by Gasteiger charge is 2.32. The average molecular weight is 173 g/mol.